The molecule has 186 valence electrons. The maximum atomic E-state index is 6.63. The van der Waals surface area contributed by atoms with Crippen LogP contribution in [0.25, 0.3) is 0 Å². The van der Waals surface area contributed by atoms with Crippen LogP contribution in [0, 0.1) is 46.3 Å². The van der Waals surface area contributed by atoms with Gasteiger partial charge in [-0.15, -0.1) is 0 Å². The summed E-state index contributed by atoms with van der Waals surface area (Å²) >= 11 is 0. The van der Waals surface area contributed by atoms with Gasteiger partial charge < -0.3 is 18.9 Å². The van der Waals surface area contributed by atoms with Gasteiger partial charge in [-0.25, -0.2) is 0 Å². The Kier molecular flexibility index (Phi) is 5.26. The molecule has 2 saturated heterocycles. The molecule has 4 aliphatic carbocycles. The van der Waals surface area contributed by atoms with Gasteiger partial charge in [-0.2, -0.15) is 0 Å². The van der Waals surface area contributed by atoms with Crippen molar-refractivity contribution in [1.29, 1.82) is 0 Å². The number of hydrogen-bond acceptors (Lipinski definition) is 4. The molecule has 0 N–H and O–H groups in total. The molecule has 33 heavy (non-hydrogen) atoms. The van der Waals surface area contributed by atoms with Crippen LogP contribution in [0.2, 0.25) is 0 Å². The molecule has 4 nitrogen and oxygen atoms in total. The number of rotatable bonds is 2. The Balaban J connectivity index is 1.36. The van der Waals surface area contributed by atoms with Gasteiger partial charge in [-0.3, -0.25) is 0 Å². The zero-order valence-electron chi connectivity index (χ0n) is 21.8. The monoisotopic (exact) mass is 458 g/mol. The highest BCUT2D eigenvalue weighted by atomic mass is 16.8. The molecule has 0 radical (unpaired) electrons. The first-order chi connectivity index (χ1) is 15.6. The van der Waals surface area contributed by atoms with E-state index in [9.17, 15) is 0 Å². The Morgan fingerprint density at radius 2 is 1.55 bits per heavy atom. The van der Waals surface area contributed by atoms with E-state index in [1.165, 1.54) is 25.7 Å². The second-order valence-electron chi connectivity index (χ2n) is 13.4. The fourth-order valence-corrected chi connectivity index (χ4v) is 10.4. The summed E-state index contributed by atoms with van der Waals surface area (Å²) in [5.74, 6) is 3.19. The SMILES string of the molecule is C/C=C\[C@@H](C)[C@H]1CCC2C3CC4(OCCO4)C4C[C@@H]5OC(C)(C)O[C@@H]5C[C@]4(C)C3CC[C@@]21C. The van der Waals surface area contributed by atoms with Crippen LogP contribution in [0.3, 0.4) is 0 Å². The molecule has 0 aromatic heterocycles. The van der Waals surface area contributed by atoms with E-state index in [1.807, 2.05) is 0 Å². The highest BCUT2D eigenvalue weighted by Crippen LogP contribution is 2.71. The zero-order valence-corrected chi connectivity index (χ0v) is 21.8. The first-order valence-corrected chi connectivity index (χ1v) is 13.9. The van der Waals surface area contributed by atoms with Crippen LogP contribution < -0.4 is 0 Å². The van der Waals surface area contributed by atoms with Gasteiger partial charge in [0.1, 0.15) is 0 Å². The van der Waals surface area contributed by atoms with Gasteiger partial charge >= 0.3 is 0 Å². The van der Waals surface area contributed by atoms with Crippen molar-refractivity contribution in [2.45, 2.75) is 110 Å². The van der Waals surface area contributed by atoms with Gasteiger partial charge in [0.25, 0.3) is 0 Å². The van der Waals surface area contributed by atoms with Crippen molar-refractivity contribution in [3.05, 3.63) is 12.2 Å². The lowest BCUT2D eigenvalue weighted by molar-refractivity contribution is -0.300. The molecule has 4 saturated carbocycles. The maximum absolute atomic E-state index is 6.63. The number of allylic oxidation sites excluding steroid dienone is 2. The molecule has 6 fully saturated rings. The summed E-state index contributed by atoms with van der Waals surface area (Å²) < 4.78 is 26.1. The summed E-state index contributed by atoms with van der Waals surface area (Å²) in [4.78, 5) is 0. The van der Waals surface area contributed by atoms with E-state index >= 15 is 0 Å². The molecule has 6 aliphatic rings. The van der Waals surface area contributed by atoms with Crippen LogP contribution in [0.1, 0.15) is 86.5 Å². The number of hydrogen-bond donors (Lipinski definition) is 0. The topological polar surface area (TPSA) is 36.9 Å². The quantitative estimate of drug-likeness (QED) is 0.452. The third-order valence-electron chi connectivity index (χ3n) is 11.5. The summed E-state index contributed by atoms with van der Waals surface area (Å²) in [5.41, 5.74) is 0.627. The summed E-state index contributed by atoms with van der Waals surface area (Å²) in [7, 11) is 0. The fourth-order valence-electron chi connectivity index (χ4n) is 10.4. The molecule has 2 heterocycles. The highest BCUT2D eigenvalue weighted by molar-refractivity contribution is 5.16. The van der Waals surface area contributed by atoms with E-state index in [-0.39, 0.29) is 17.6 Å². The Morgan fingerprint density at radius 3 is 2.27 bits per heavy atom. The Labute approximate surface area is 201 Å². The molecule has 4 unspecified atom stereocenters. The molecule has 6 rings (SSSR count). The molecule has 0 aromatic rings. The van der Waals surface area contributed by atoms with Crippen LogP contribution >= 0.6 is 0 Å². The predicted molar refractivity (Wildman–Crippen MR) is 128 cm³/mol. The standard InChI is InChI=1S/C29H46O4/c1-7-8-18(2)20-9-10-21-19-16-29(30-13-14-31-29)25-15-23-24(33-26(3,4)32-23)17-28(25,6)22(19)11-12-27(20,21)5/h7-8,18-25H,9-17H2,1-6H3/b8-7-/t18-,19?,20-,21?,22?,23+,24-,25?,27-,28-/m1/s1. The van der Waals surface area contributed by atoms with E-state index < -0.39 is 11.6 Å². The predicted octanol–water partition coefficient (Wildman–Crippen LogP) is 6.34. The van der Waals surface area contributed by atoms with Crippen LogP contribution in [0.4, 0.5) is 0 Å². The Bertz CT molecular complexity index is 799. The molecule has 1 spiro atoms. The second kappa shape index (κ2) is 7.54. The van der Waals surface area contributed by atoms with Crippen molar-refractivity contribution in [3.63, 3.8) is 0 Å². The summed E-state index contributed by atoms with van der Waals surface area (Å²) in [6.45, 7) is 15.5. The van der Waals surface area contributed by atoms with Crippen molar-refractivity contribution in [2.24, 2.45) is 46.3 Å². The summed E-state index contributed by atoms with van der Waals surface area (Å²) in [6, 6.07) is 0. The molecule has 10 atom stereocenters. The lowest BCUT2D eigenvalue weighted by atomic mass is 9.42. The zero-order chi connectivity index (χ0) is 23.2. The third kappa shape index (κ3) is 3.22. The van der Waals surface area contributed by atoms with Crippen LogP contribution in [-0.4, -0.2) is 37.0 Å². The van der Waals surface area contributed by atoms with E-state index in [2.05, 4.69) is 53.7 Å². The maximum Gasteiger partial charge on any atom is 0.172 e. The molecular weight excluding hydrogens is 412 g/mol. The number of fused-ring (bicyclic) bond motifs is 7. The highest BCUT2D eigenvalue weighted by Gasteiger charge is 2.69. The van der Waals surface area contributed by atoms with Crippen LogP contribution in [0.15, 0.2) is 12.2 Å². The van der Waals surface area contributed by atoms with E-state index in [0.29, 0.717) is 23.2 Å². The van der Waals surface area contributed by atoms with E-state index in [4.69, 9.17) is 18.9 Å². The third-order valence-corrected chi connectivity index (χ3v) is 11.5. The minimum Gasteiger partial charge on any atom is -0.347 e. The smallest absolute Gasteiger partial charge is 0.172 e. The van der Waals surface area contributed by atoms with Gasteiger partial charge in [0.05, 0.1) is 25.4 Å². The fraction of sp³-hybridized carbons (Fsp3) is 0.931. The molecule has 0 aromatic carbocycles. The van der Waals surface area contributed by atoms with Crippen LogP contribution in [0.5, 0.6) is 0 Å². The normalized spacial score (nSPS) is 53.0. The van der Waals surface area contributed by atoms with Crippen molar-refractivity contribution in [3.8, 4) is 0 Å². The molecule has 2 aliphatic heterocycles. The van der Waals surface area contributed by atoms with Gasteiger partial charge in [0.15, 0.2) is 11.6 Å². The average molecular weight is 459 g/mol. The molecule has 4 heteroatoms. The first-order valence-electron chi connectivity index (χ1n) is 13.9. The lowest BCUT2D eigenvalue weighted by Crippen LogP contribution is -2.65. The van der Waals surface area contributed by atoms with Crippen molar-refractivity contribution in [1.82, 2.24) is 0 Å². The number of ether oxygens (including phenoxy) is 4. The van der Waals surface area contributed by atoms with Crippen molar-refractivity contribution in [2.75, 3.05) is 13.2 Å². The second-order valence-corrected chi connectivity index (χ2v) is 13.4. The van der Waals surface area contributed by atoms with E-state index in [0.717, 1.165) is 50.2 Å². The largest absolute Gasteiger partial charge is 0.347 e. The van der Waals surface area contributed by atoms with Crippen LogP contribution in [-0.2, 0) is 18.9 Å². The average Bonchev–Trinajstić information content (AvgIpc) is 3.41. The van der Waals surface area contributed by atoms with Gasteiger partial charge in [-0.1, -0.05) is 32.9 Å². The Morgan fingerprint density at radius 1 is 0.848 bits per heavy atom. The minimum absolute atomic E-state index is 0.172. The minimum atomic E-state index is -0.476. The lowest BCUT2D eigenvalue weighted by Gasteiger charge is -2.65. The summed E-state index contributed by atoms with van der Waals surface area (Å²) in [5, 5.41) is 0. The Hall–Kier alpha value is -0.420. The molecular formula is C29H46O4. The van der Waals surface area contributed by atoms with E-state index in [1.54, 1.807) is 0 Å². The van der Waals surface area contributed by atoms with Crippen molar-refractivity contribution < 1.29 is 18.9 Å². The van der Waals surface area contributed by atoms with Gasteiger partial charge in [0, 0.05) is 12.3 Å². The molecule has 0 amide bonds. The van der Waals surface area contributed by atoms with Crippen molar-refractivity contribution >= 4 is 0 Å². The first kappa shape index (κ1) is 23.0. The van der Waals surface area contributed by atoms with Gasteiger partial charge in [-0.05, 0) is 99.7 Å². The van der Waals surface area contributed by atoms with Gasteiger partial charge in [0.2, 0.25) is 0 Å². The summed E-state index contributed by atoms with van der Waals surface area (Å²) in [6.07, 6.45) is 13.8. The molecule has 0 bridgehead atoms.